The number of esters is 1. The second kappa shape index (κ2) is 8.25. The van der Waals surface area contributed by atoms with Gasteiger partial charge in [-0.25, -0.2) is 9.59 Å². The van der Waals surface area contributed by atoms with Crippen LogP contribution in [0.15, 0.2) is 16.8 Å². The van der Waals surface area contributed by atoms with Gasteiger partial charge < -0.3 is 20.5 Å². The van der Waals surface area contributed by atoms with E-state index in [0.717, 1.165) is 5.56 Å². The quantitative estimate of drug-likeness (QED) is 0.662. The van der Waals surface area contributed by atoms with Crippen LogP contribution >= 0.6 is 11.3 Å². The number of carboxylic acid groups (broad SMARTS) is 1. The van der Waals surface area contributed by atoms with Crippen molar-refractivity contribution >= 4 is 29.3 Å². The summed E-state index contributed by atoms with van der Waals surface area (Å²) in [5, 5.41) is 17.8. The number of carboxylic acids is 1. The van der Waals surface area contributed by atoms with Crippen LogP contribution in [0.2, 0.25) is 0 Å². The fourth-order valence-corrected chi connectivity index (χ4v) is 2.38. The summed E-state index contributed by atoms with van der Waals surface area (Å²) >= 11 is 1.51. The molecule has 0 fully saturated rings. The summed E-state index contributed by atoms with van der Waals surface area (Å²) < 4.78 is 4.44. The smallest absolute Gasteiger partial charge is 0.326 e. The third kappa shape index (κ3) is 5.82. The van der Waals surface area contributed by atoms with E-state index in [1.165, 1.54) is 18.4 Å². The molecule has 1 aromatic heterocycles. The molecule has 2 atom stereocenters. The first kappa shape index (κ1) is 17.0. The maximum Gasteiger partial charge on any atom is 0.326 e. The number of ether oxygens (including phenoxy) is 1. The molecule has 21 heavy (non-hydrogen) atoms. The minimum atomic E-state index is -1.20. The topological polar surface area (TPSA) is 105 Å². The minimum absolute atomic E-state index is 0.0255. The molecule has 0 aliphatic heterocycles. The lowest BCUT2D eigenvalue weighted by molar-refractivity contribution is -0.142. The Bertz CT molecular complexity index is 489. The zero-order valence-electron chi connectivity index (χ0n) is 11.8. The van der Waals surface area contributed by atoms with Crippen molar-refractivity contribution in [2.75, 3.05) is 7.11 Å². The molecule has 7 nitrogen and oxygen atoms in total. The highest BCUT2D eigenvalue weighted by molar-refractivity contribution is 7.07. The molecule has 0 spiro atoms. The van der Waals surface area contributed by atoms with Gasteiger partial charge in [0.05, 0.1) is 13.2 Å². The highest BCUT2D eigenvalue weighted by Crippen LogP contribution is 2.15. The average Bonchev–Trinajstić information content (AvgIpc) is 2.96. The van der Waals surface area contributed by atoms with E-state index >= 15 is 0 Å². The van der Waals surface area contributed by atoms with Crippen molar-refractivity contribution in [2.45, 2.75) is 31.8 Å². The fraction of sp³-hybridized carbons (Fsp3) is 0.462. The number of aliphatic carboxylic acids is 1. The summed E-state index contributed by atoms with van der Waals surface area (Å²) in [6, 6.07) is -0.0855. The first-order valence-corrected chi connectivity index (χ1v) is 7.27. The van der Waals surface area contributed by atoms with Crippen molar-refractivity contribution in [1.29, 1.82) is 0 Å². The summed E-state index contributed by atoms with van der Waals surface area (Å²) in [5.41, 5.74) is 0.941. The van der Waals surface area contributed by atoms with Gasteiger partial charge >= 0.3 is 18.0 Å². The van der Waals surface area contributed by atoms with Crippen molar-refractivity contribution < 1.29 is 24.2 Å². The average molecular weight is 314 g/mol. The van der Waals surface area contributed by atoms with E-state index in [9.17, 15) is 14.4 Å². The number of amides is 2. The van der Waals surface area contributed by atoms with Gasteiger partial charge in [-0.05, 0) is 35.7 Å². The molecular weight excluding hydrogens is 296 g/mol. The van der Waals surface area contributed by atoms with Crippen molar-refractivity contribution in [3.63, 3.8) is 0 Å². The lowest BCUT2D eigenvalue weighted by Crippen LogP contribution is -2.46. The van der Waals surface area contributed by atoms with Crippen LogP contribution in [0.4, 0.5) is 4.79 Å². The summed E-state index contributed by atoms with van der Waals surface area (Å²) in [6.45, 7) is 1.80. The summed E-state index contributed by atoms with van der Waals surface area (Å²) in [6.07, 6.45) is -0.101. The molecule has 8 heteroatoms. The van der Waals surface area contributed by atoms with Crippen LogP contribution in [0.3, 0.4) is 0 Å². The molecule has 0 aliphatic carbocycles. The number of thiophene rings is 1. The maximum absolute atomic E-state index is 11.8. The second-order valence-corrected chi connectivity index (χ2v) is 5.18. The number of rotatable bonds is 7. The van der Waals surface area contributed by atoms with Gasteiger partial charge in [0.2, 0.25) is 0 Å². The largest absolute Gasteiger partial charge is 0.480 e. The molecule has 3 N–H and O–H groups in total. The Labute approximate surface area is 126 Å². The van der Waals surface area contributed by atoms with E-state index < -0.39 is 24.0 Å². The molecule has 0 saturated carbocycles. The maximum atomic E-state index is 11.8. The Morgan fingerprint density at radius 2 is 2.10 bits per heavy atom. The van der Waals surface area contributed by atoms with Crippen LogP contribution in [-0.4, -0.2) is 36.2 Å². The Kier molecular flexibility index (Phi) is 6.67. The Balaban J connectivity index is 2.48. The summed E-state index contributed by atoms with van der Waals surface area (Å²) in [4.78, 5) is 33.9. The predicted molar refractivity (Wildman–Crippen MR) is 77.1 cm³/mol. The molecule has 1 heterocycles. The zero-order chi connectivity index (χ0) is 15.8. The normalized spacial score (nSPS) is 13.0. The van der Waals surface area contributed by atoms with Gasteiger partial charge in [0, 0.05) is 6.42 Å². The Morgan fingerprint density at radius 1 is 1.38 bits per heavy atom. The molecule has 0 bridgehead atoms. The molecule has 0 radical (unpaired) electrons. The fourth-order valence-electron chi connectivity index (χ4n) is 1.62. The van der Waals surface area contributed by atoms with E-state index in [4.69, 9.17) is 5.11 Å². The van der Waals surface area contributed by atoms with Crippen LogP contribution in [-0.2, 0) is 14.3 Å². The Morgan fingerprint density at radius 3 is 2.62 bits per heavy atom. The second-order valence-electron chi connectivity index (χ2n) is 4.40. The van der Waals surface area contributed by atoms with Crippen LogP contribution in [0.5, 0.6) is 0 Å². The standard InChI is InChI=1S/C13H18N2O5S/c1-8(9-5-6-21-7-9)14-13(19)15-10(12(17)18)3-4-11(16)20-2/h5-8,10H,3-4H2,1-2H3,(H,17,18)(H2,14,15,19)/t8?,10-/m1/s1. The molecular formula is C13H18N2O5S. The summed E-state index contributed by atoms with van der Waals surface area (Å²) in [7, 11) is 1.22. The van der Waals surface area contributed by atoms with Gasteiger partial charge in [-0.2, -0.15) is 11.3 Å². The monoisotopic (exact) mass is 314 g/mol. The van der Waals surface area contributed by atoms with E-state index in [2.05, 4.69) is 15.4 Å². The van der Waals surface area contributed by atoms with Crippen LogP contribution < -0.4 is 10.6 Å². The van der Waals surface area contributed by atoms with Crippen LogP contribution in [0.1, 0.15) is 31.4 Å². The van der Waals surface area contributed by atoms with Gasteiger partial charge in [-0.15, -0.1) is 0 Å². The molecule has 0 aliphatic rings. The van der Waals surface area contributed by atoms with Crippen molar-refractivity contribution in [1.82, 2.24) is 10.6 Å². The molecule has 116 valence electrons. The molecule has 1 unspecified atom stereocenters. The van der Waals surface area contributed by atoms with Gasteiger partial charge in [0.15, 0.2) is 0 Å². The molecule has 0 saturated heterocycles. The van der Waals surface area contributed by atoms with Gasteiger partial charge in [-0.3, -0.25) is 4.79 Å². The number of urea groups is 1. The zero-order valence-corrected chi connectivity index (χ0v) is 12.6. The van der Waals surface area contributed by atoms with Crippen molar-refractivity contribution in [3.05, 3.63) is 22.4 Å². The molecule has 0 aromatic carbocycles. The van der Waals surface area contributed by atoms with E-state index in [1.54, 1.807) is 6.92 Å². The SMILES string of the molecule is COC(=O)CC[C@@H](NC(=O)NC(C)c1ccsc1)C(=O)O. The lowest BCUT2D eigenvalue weighted by atomic mass is 10.1. The van der Waals surface area contributed by atoms with E-state index in [1.807, 2.05) is 16.8 Å². The Hall–Kier alpha value is -2.09. The number of nitrogens with one attached hydrogen (secondary N) is 2. The number of carbonyl (C=O) groups excluding carboxylic acids is 2. The van der Waals surface area contributed by atoms with Gasteiger partial charge in [-0.1, -0.05) is 0 Å². The number of methoxy groups -OCH3 is 1. The van der Waals surface area contributed by atoms with Gasteiger partial charge in [0.25, 0.3) is 0 Å². The molecule has 2 amide bonds. The minimum Gasteiger partial charge on any atom is -0.480 e. The third-order valence-electron chi connectivity index (χ3n) is 2.86. The first-order valence-electron chi connectivity index (χ1n) is 6.32. The number of carbonyl (C=O) groups is 3. The highest BCUT2D eigenvalue weighted by atomic mass is 32.1. The van der Waals surface area contributed by atoms with Gasteiger partial charge in [0.1, 0.15) is 6.04 Å². The highest BCUT2D eigenvalue weighted by Gasteiger charge is 2.22. The predicted octanol–water partition coefficient (Wildman–Crippen LogP) is 1.51. The van der Waals surface area contributed by atoms with E-state index in [0.29, 0.717) is 0 Å². The third-order valence-corrected chi connectivity index (χ3v) is 3.56. The van der Waals surface area contributed by atoms with Crippen LogP contribution in [0, 0.1) is 0 Å². The molecule has 1 aromatic rings. The number of hydrogen-bond donors (Lipinski definition) is 3. The first-order chi connectivity index (χ1) is 9.93. The van der Waals surface area contributed by atoms with Crippen LogP contribution in [0.25, 0.3) is 0 Å². The van der Waals surface area contributed by atoms with Crippen molar-refractivity contribution in [3.8, 4) is 0 Å². The lowest BCUT2D eigenvalue weighted by Gasteiger charge is -2.17. The number of hydrogen-bond acceptors (Lipinski definition) is 5. The summed E-state index contributed by atoms with van der Waals surface area (Å²) in [5.74, 6) is -1.72. The van der Waals surface area contributed by atoms with E-state index in [-0.39, 0.29) is 18.9 Å². The van der Waals surface area contributed by atoms with Crippen molar-refractivity contribution in [2.24, 2.45) is 0 Å². The molecule has 1 rings (SSSR count).